The third-order valence-electron chi connectivity index (χ3n) is 2.69. The lowest BCUT2D eigenvalue weighted by Crippen LogP contribution is -2.47. The number of nitrogens with zero attached hydrogens (tertiary/aromatic N) is 1. The Kier molecular flexibility index (Phi) is 6.15. The maximum absolute atomic E-state index is 12.1. The van der Waals surface area contributed by atoms with Gasteiger partial charge in [-0.05, 0) is 38.7 Å². The number of rotatable bonds is 7. The van der Waals surface area contributed by atoms with Crippen molar-refractivity contribution in [3.63, 3.8) is 0 Å². The van der Waals surface area contributed by atoms with Crippen LogP contribution in [0.2, 0.25) is 0 Å². The standard InChI is InChI=1S/C13H21BrN2O3S/c1-13(17,10-16(2)3)9-15-20(18,19)12-6-4-11(8-14)5-7-12/h4-7,15,17H,8-10H2,1-3H3. The highest BCUT2D eigenvalue weighted by molar-refractivity contribution is 9.08. The highest BCUT2D eigenvalue weighted by Crippen LogP contribution is 2.13. The van der Waals surface area contributed by atoms with Crippen molar-refractivity contribution in [1.82, 2.24) is 9.62 Å². The van der Waals surface area contributed by atoms with Crippen molar-refractivity contribution in [1.29, 1.82) is 0 Å². The topological polar surface area (TPSA) is 69.6 Å². The highest BCUT2D eigenvalue weighted by atomic mass is 79.9. The fourth-order valence-corrected chi connectivity index (χ4v) is 3.36. The van der Waals surface area contributed by atoms with Gasteiger partial charge in [-0.2, -0.15) is 0 Å². The van der Waals surface area contributed by atoms with Gasteiger partial charge in [0.25, 0.3) is 0 Å². The Bertz CT molecular complexity index is 527. The molecule has 0 spiro atoms. The van der Waals surface area contributed by atoms with Gasteiger partial charge in [0.1, 0.15) is 0 Å². The zero-order valence-corrected chi connectivity index (χ0v) is 14.3. The number of sulfonamides is 1. The molecular formula is C13H21BrN2O3S. The minimum atomic E-state index is -3.60. The summed E-state index contributed by atoms with van der Waals surface area (Å²) in [5.41, 5.74) is -0.115. The summed E-state index contributed by atoms with van der Waals surface area (Å²) >= 11 is 3.31. The molecule has 0 aliphatic heterocycles. The molecule has 0 amide bonds. The van der Waals surface area contributed by atoms with Crippen molar-refractivity contribution in [2.45, 2.75) is 22.8 Å². The van der Waals surface area contributed by atoms with E-state index in [4.69, 9.17) is 0 Å². The van der Waals surface area contributed by atoms with Crippen LogP contribution < -0.4 is 4.72 Å². The van der Waals surface area contributed by atoms with E-state index in [1.807, 2.05) is 14.1 Å². The van der Waals surface area contributed by atoms with E-state index in [0.29, 0.717) is 11.9 Å². The predicted molar refractivity (Wildman–Crippen MR) is 83.4 cm³/mol. The van der Waals surface area contributed by atoms with Gasteiger partial charge >= 0.3 is 0 Å². The van der Waals surface area contributed by atoms with Crippen LogP contribution in [-0.2, 0) is 15.4 Å². The van der Waals surface area contributed by atoms with Crippen LogP contribution in [0, 0.1) is 0 Å². The first-order valence-corrected chi connectivity index (χ1v) is 8.78. The molecular weight excluding hydrogens is 344 g/mol. The molecule has 0 radical (unpaired) electrons. The quantitative estimate of drug-likeness (QED) is 0.712. The smallest absolute Gasteiger partial charge is 0.240 e. The fraction of sp³-hybridized carbons (Fsp3) is 0.538. The van der Waals surface area contributed by atoms with Crippen LogP contribution in [0.4, 0.5) is 0 Å². The van der Waals surface area contributed by atoms with E-state index < -0.39 is 15.6 Å². The van der Waals surface area contributed by atoms with Gasteiger partial charge in [0, 0.05) is 18.4 Å². The monoisotopic (exact) mass is 364 g/mol. The maximum atomic E-state index is 12.1. The van der Waals surface area contributed by atoms with Crippen LogP contribution in [0.25, 0.3) is 0 Å². The van der Waals surface area contributed by atoms with Gasteiger partial charge in [-0.15, -0.1) is 0 Å². The van der Waals surface area contributed by atoms with E-state index in [2.05, 4.69) is 20.7 Å². The Labute approximate surface area is 129 Å². The second-order valence-electron chi connectivity index (χ2n) is 5.34. The van der Waals surface area contributed by atoms with Crippen molar-refractivity contribution in [3.05, 3.63) is 29.8 Å². The average Bonchev–Trinajstić information content (AvgIpc) is 2.35. The summed E-state index contributed by atoms with van der Waals surface area (Å²) in [6.07, 6.45) is 0. The Hall–Kier alpha value is -0.470. The summed E-state index contributed by atoms with van der Waals surface area (Å²) in [5.74, 6) is 0. The van der Waals surface area contributed by atoms with Gasteiger partial charge in [-0.1, -0.05) is 28.1 Å². The Balaban J connectivity index is 2.74. The molecule has 1 aromatic carbocycles. The van der Waals surface area contributed by atoms with E-state index in [-0.39, 0.29) is 11.4 Å². The van der Waals surface area contributed by atoms with Crippen molar-refractivity contribution >= 4 is 26.0 Å². The molecule has 0 aliphatic carbocycles. The second-order valence-corrected chi connectivity index (χ2v) is 7.66. The number of hydrogen-bond donors (Lipinski definition) is 2. The number of aliphatic hydroxyl groups is 1. The molecule has 0 saturated carbocycles. The van der Waals surface area contributed by atoms with Gasteiger partial charge in [0.15, 0.2) is 0 Å². The molecule has 0 aliphatic rings. The van der Waals surface area contributed by atoms with Gasteiger partial charge in [0.05, 0.1) is 10.5 Å². The van der Waals surface area contributed by atoms with E-state index in [0.717, 1.165) is 5.56 Å². The third kappa shape index (κ3) is 5.49. The molecule has 1 aromatic rings. The first-order valence-electron chi connectivity index (χ1n) is 6.18. The largest absolute Gasteiger partial charge is 0.387 e. The summed E-state index contributed by atoms with van der Waals surface area (Å²) in [6.45, 7) is 1.94. The first kappa shape index (κ1) is 17.6. The zero-order valence-electron chi connectivity index (χ0n) is 11.9. The number of hydrogen-bond acceptors (Lipinski definition) is 4. The summed E-state index contributed by atoms with van der Waals surface area (Å²) in [7, 11) is 0.0447. The molecule has 1 rings (SSSR count). The second kappa shape index (κ2) is 7.00. The van der Waals surface area contributed by atoms with E-state index >= 15 is 0 Å². The highest BCUT2D eigenvalue weighted by Gasteiger charge is 2.24. The molecule has 0 saturated heterocycles. The third-order valence-corrected chi connectivity index (χ3v) is 4.75. The lowest BCUT2D eigenvalue weighted by molar-refractivity contribution is 0.0386. The van der Waals surface area contributed by atoms with Crippen LogP contribution in [0.5, 0.6) is 0 Å². The van der Waals surface area contributed by atoms with Crippen molar-refractivity contribution in [2.24, 2.45) is 0 Å². The number of benzene rings is 1. The molecule has 5 nitrogen and oxygen atoms in total. The summed E-state index contributed by atoms with van der Waals surface area (Å²) in [4.78, 5) is 2.00. The lowest BCUT2D eigenvalue weighted by Gasteiger charge is -2.27. The van der Waals surface area contributed by atoms with Crippen LogP contribution in [0.1, 0.15) is 12.5 Å². The van der Waals surface area contributed by atoms with Crippen LogP contribution in [-0.4, -0.2) is 51.2 Å². The molecule has 0 fully saturated rings. The van der Waals surface area contributed by atoms with E-state index in [1.54, 1.807) is 36.1 Å². The van der Waals surface area contributed by atoms with Crippen molar-refractivity contribution in [3.8, 4) is 0 Å². The molecule has 20 heavy (non-hydrogen) atoms. The molecule has 1 atom stereocenters. The summed E-state index contributed by atoms with van der Waals surface area (Å²) in [5, 5.41) is 10.8. The zero-order chi connectivity index (χ0) is 15.4. The van der Waals surface area contributed by atoms with Gasteiger partial charge in [-0.25, -0.2) is 13.1 Å². The average molecular weight is 365 g/mol. The maximum Gasteiger partial charge on any atom is 0.240 e. The Morgan fingerprint density at radius 2 is 1.85 bits per heavy atom. The van der Waals surface area contributed by atoms with E-state index in [9.17, 15) is 13.5 Å². The molecule has 2 N–H and O–H groups in total. The number of alkyl halides is 1. The summed E-state index contributed by atoms with van der Waals surface area (Å²) < 4.78 is 26.7. The molecule has 1 unspecified atom stereocenters. The molecule has 0 heterocycles. The predicted octanol–water partition coefficient (Wildman–Crippen LogP) is 1.17. The lowest BCUT2D eigenvalue weighted by atomic mass is 10.1. The number of likely N-dealkylation sites (N-methyl/N-ethyl adjacent to an activating group) is 1. The minimum Gasteiger partial charge on any atom is -0.387 e. The summed E-state index contributed by atoms with van der Waals surface area (Å²) in [6, 6.07) is 6.61. The number of halogens is 1. The van der Waals surface area contributed by atoms with Crippen LogP contribution in [0.3, 0.4) is 0 Å². The van der Waals surface area contributed by atoms with Crippen LogP contribution in [0.15, 0.2) is 29.2 Å². The molecule has 7 heteroatoms. The first-order chi connectivity index (χ1) is 9.16. The Morgan fingerprint density at radius 3 is 2.30 bits per heavy atom. The van der Waals surface area contributed by atoms with Crippen LogP contribution >= 0.6 is 15.9 Å². The van der Waals surface area contributed by atoms with Gasteiger partial charge in [-0.3, -0.25) is 0 Å². The van der Waals surface area contributed by atoms with Crippen molar-refractivity contribution < 1.29 is 13.5 Å². The SMILES string of the molecule is CN(C)CC(C)(O)CNS(=O)(=O)c1ccc(CBr)cc1. The molecule has 0 aromatic heterocycles. The normalized spacial score (nSPS) is 15.3. The number of nitrogens with one attached hydrogen (secondary N) is 1. The molecule has 114 valence electrons. The minimum absolute atomic E-state index is 0.0340. The van der Waals surface area contributed by atoms with Crippen molar-refractivity contribution in [2.75, 3.05) is 27.2 Å². The molecule has 0 bridgehead atoms. The Morgan fingerprint density at radius 1 is 1.30 bits per heavy atom. The van der Waals surface area contributed by atoms with Gasteiger partial charge < -0.3 is 10.0 Å². The van der Waals surface area contributed by atoms with Gasteiger partial charge in [0.2, 0.25) is 10.0 Å². The fourth-order valence-electron chi connectivity index (χ4n) is 1.83. The van der Waals surface area contributed by atoms with E-state index in [1.165, 1.54) is 0 Å².